The van der Waals surface area contributed by atoms with Gasteiger partial charge in [-0.15, -0.1) is 0 Å². The largest absolute Gasteiger partial charge is 0.391 e. The number of allylic oxidation sites excluding steroid dienone is 2. The topological polar surface area (TPSA) is 61.4 Å². The maximum absolute atomic E-state index is 11.5. The van der Waals surface area contributed by atoms with Crippen LogP contribution in [0.3, 0.4) is 0 Å². The van der Waals surface area contributed by atoms with E-state index in [-0.39, 0.29) is 6.03 Å². The Morgan fingerprint density at radius 3 is 2.30 bits per heavy atom. The van der Waals surface area contributed by atoms with Crippen LogP contribution in [0.5, 0.6) is 0 Å². The fourth-order valence-electron chi connectivity index (χ4n) is 2.34. The molecule has 1 atom stereocenters. The second kappa shape index (κ2) is 17.3. The van der Waals surface area contributed by atoms with Crippen molar-refractivity contribution in [2.24, 2.45) is 0 Å². The highest BCUT2D eigenvalue weighted by molar-refractivity contribution is 5.73. The minimum atomic E-state index is -0.467. The summed E-state index contributed by atoms with van der Waals surface area (Å²) in [4.78, 5) is 11.5. The Balaban J connectivity index is 3.41. The normalized spacial score (nSPS) is 12.5. The summed E-state index contributed by atoms with van der Waals surface area (Å²) in [5.74, 6) is 0. The highest BCUT2D eigenvalue weighted by Crippen LogP contribution is 2.06. The number of carbonyl (C=O) groups is 1. The third-order valence-corrected chi connectivity index (χ3v) is 3.87. The molecule has 4 heteroatoms. The van der Waals surface area contributed by atoms with E-state index in [1.54, 1.807) is 0 Å². The summed E-state index contributed by atoms with van der Waals surface area (Å²) in [7, 11) is 0. The molecule has 0 aromatic carbocycles. The predicted octanol–water partition coefficient (Wildman–Crippen LogP) is 4.53. The number of aliphatic hydroxyl groups excluding tert-OH is 1. The van der Waals surface area contributed by atoms with Crippen LogP contribution in [0.4, 0.5) is 4.79 Å². The van der Waals surface area contributed by atoms with E-state index >= 15 is 0 Å². The molecule has 0 aromatic heterocycles. The highest BCUT2D eigenvalue weighted by Gasteiger charge is 2.05. The molecule has 0 spiro atoms. The van der Waals surface area contributed by atoms with Crippen molar-refractivity contribution in [1.82, 2.24) is 10.6 Å². The van der Waals surface area contributed by atoms with Gasteiger partial charge in [-0.3, -0.25) is 0 Å². The molecule has 0 aliphatic carbocycles. The number of unbranched alkanes of at least 4 members (excludes halogenated alkanes) is 7. The van der Waals surface area contributed by atoms with E-state index in [1.165, 1.54) is 32.1 Å². The van der Waals surface area contributed by atoms with Crippen molar-refractivity contribution in [2.75, 3.05) is 13.1 Å². The van der Waals surface area contributed by atoms with Gasteiger partial charge in [-0.2, -0.15) is 0 Å². The van der Waals surface area contributed by atoms with Crippen molar-refractivity contribution >= 4 is 6.03 Å². The monoisotopic (exact) mass is 326 g/mol. The summed E-state index contributed by atoms with van der Waals surface area (Å²) in [5, 5.41) is 15.3. The Kier molecular flexibility index (Phi) is 16.5. The van der Waals surface area contributed by atoms with E-state index in [4.69, 9.17) is 0 Å². The minimum Gasteiger partial charge on any atom is -0.391 e. The molecular weight excluding hydrogens is 288 g/mol. The molecule has 0 radical (unpaired) electrons. The zero-order valence-corrected chi connectivity index (χ0v) is 15.3. The molecule has 136 valence electrons. The Labute approximate surface area is 143 Å². The first-order valence-corrected chi connectivity index (χ1v) is 9.55. The molecule has 0 aliphatic heterocycles. The molecule has 2 amide bonds. The molecule has 0 bridgehead atoms. The zero-order valence-electron chi connectivity index (χ0n) is 15.3. The Morgan fingerprint density at radius 1 is 0.913 bits per heavy atom. The van der Waals surface area contributed by atoms with E-state index in [2.05, 4.69) is 36.6 Å². The number of hydrogen-bond donors (Lipinski definition) is 3. The number of rotatable bonds is 15. The molecule has 0 rings (SSSR count). The van der Waals surface area contributed by atoms with Crippen molar-refractivity contribution < 1.29 is 9.90 Å². The lowest BCUT2D eigenvalue weighted by Crippen LogP contribution is -2.40. The first kappa shape index (κ1) is 22.0. The van der Waals surface area contributed by atoms with Crippen LogP contribution in [-0.2, 0) is 0 Å². The first-order chi connectivity index (χ1) is 11.2. The standard InChI is InChI=1S/C19H38N2O2/c1-3-5-7-8-9-10-11-12-13-15-18(22)17-21-19(23)20-16-14-6-4-2/h11-12,18,22H,3-10,13-17H2,1-2H3,(H2,20,21,23)/b12-11-. The molecule has 0 saturated heterocycles. The van der Waals surface area contributed by atoms with Crippen LogP contribution < -0.4 is 10.6 Å². The fourth-order valence-corrected chi connectivity index (χ4v) is 2.34. The molecular formula is C19H38N2O2. The van der Waals surface area contributed by atoms with Crippen LogP contribution in [0.1, 0.15) is 84.5 Å². The molecule has 23 heavy (non-hydrogen) atoms. The number of amides is 2. The lowest BCUT2D eigenvalue weighted by molar-refractivity contribution is 0.162. The molecule has 4 nitrogen and oxygen atoms in total. The zero-order chi connectivity index (χ0) is 17.2. The molecule has 3 N–H and O–H groups in total. The van der Waals surface area contributed by atoms with Crippen molar-refractivity contribution in [2.45, 2.75) is 90.6 Å². The van der Waals surface area contributed by atoms with Gasteiger partial charge in [0.25, 0.3) is 0 Å². The van der Waals surface area contributed by atoms with Crippen LogP contribution in [0.25, 0.3) is 0 Å². The van der Waals surface area contributed by atoms with Crippen LogP contribution in [0.2, 0.25) is 0 Å². The third kappa shape index (κ3) is 17.2. The van der Waals surface area contributed by atoms with Crippen molar-refractivity contribution in [3.8, 4) is 0 Å². The SMILES string of the molecule is CCCCCCC/C=C\CCC(O)CNC(=O)NCCCCC. The fraction of sp³-hybridized carbons (Fsp3) is 0.842. The van der Waals surface area contributed by atoms with Crippen LogP contribution >= 0.6 is 0 Å². The number of hydrogen-bond acceptors (Lipinski definition) is 2. The summed E-state index contributed by atoms with van der Waals surface area (Å²) < 4.78 is 0. The van der Waals surface area contributed by atoms with Crippen LogP contribution in [0.15, 0.2) is 12.2 Å². The van der Waals surface area contributed by atoms with Crippen LogP contribution in [0, 0.1) is 0 Å². The van der Waals surface area contributed by atoms with Gasteiger partial charge >= 0.3 is 6.03 Å². The number of aliphatic hydroxyl groups is 1. The smallest absolute Gasteiger partial charge is 0.314 e. The highest BCUT2D eigenvalue weighted by atomic mass is 16.3. The van der Waals surface area contributed by atoms with E-state index in [1.807, 2.05) is 0 Å². The molecule has 0 aliphatic rings. The first-order valence-electron chi connectivity index (χ1n) is 9.55. The second-order valence-corrected chi connectivity index (χ2v) is 6.25. The lowest BCUT2D eigenvalue weighted by Gasteiger charge is -2.11. The number of nitrogens with one attached hydrogen (secondary N) is 2. The second-order valence-electron chi connectivity index (χ2n) is 6.25. The Bertz CT molecular complexity index is 293. The summed E-state index contributed by atoms with van der Waals surface area (Å²) in [6.45, 7) is 5.40. The predicted molar refractivity (Wildman–Crippen MR) is 98.7 cm³/mol. The van der Waals surface area contributed by atoms with Gasteiger partial charge in [0.2, 0.25) is 0 Å². The van der Waals surface area contributed by atoms with Crippen molar-refractivity contribution in [1.29, 1.82) is 0 Å². The van der Waals surface area contributed by atoms with Gasteiger partial charge in [0.05, 0.1) is 6.10 Å². The molecule has 1 unspecified atom stereocenters. The average molecular weight is 327 g/mol. The van der Waals surface area contributed by atoms with E-state index in [0.29, 0.717) is 19.5 Å². The van der Waals surface area contributed by atoms with Gasteiger partial charge in [-0.1, -0.05) is 64.5 Å². The quantitative estimate of drug-likeness (QED) is 0.306. The van der Waals surface area contributed by atoms with Gasteiger partial charge in [0.15, 0.2) is 0 Å². The summed E-state index contributed by atoms with van der Waals surface area (Å²) >= 11 is 0. The van der Waals surface area contributed by atoms with Gasteiger partial charge in [0.1, 0.15) is 0 Å². The van der Waals surface area contributed by atoms with Gasteiger partial charge in [-0.25, -0.2) is 4.79 Å². The lowest BCUT2D eigenvalue weighted by atomic mass is 10.1. The molecule has 0 heterocycles. The van der Waals surface area contributed by atoms with Gasteiger partial charge < -0.3 is 15.7 Å². The van der Waals surface area contributed by atoms with E-state index in [0.717, 1.165) is 32.1 Å². The summed E-state index contributed by atoms with van der Waals surface area (Å²) in [6, 6.07) is -0.178. The van der Waals surface area contributed by atoms with Crippen molar-refractivity contribution in [3.63, 3.8) is 0 Å². The van der Waals surface area contributed by atoms with E-state index < -0.39 is 6.10 Å². The number of urea groups is 1. The van der Waals surface area contributed by atoms with Gasteiger partial charge in [-0.05, 0) is 32.1 Å². The van der Waals surface area contributed by atoms with Crippen LogP contribution in [-0.4, -0.2) is 30.3 Å². The Hall–Kier alpha value is -1.03. The average Bonchev–Trinajstić information content (AvgIpc) is 2.55. The summed E-state index contributed by atoms with van der Waals surface area (Å²) in [5.41, 5.74) is 0. The summed E-state index contributed by atoms with van der Waals surface area (Å²) in [6.07, 6.45) is 16.4. The maximum Gasteiger partial charge on any atom is 0.314 e. The molecule has 0 fully saturated rings. The Morgan fingerprint density at radius 2 is 1.57 bits per heavy atom. The van der Waals surface area contributed by atoms with E-state index in [9.17, 15) is 9.90 Å². The third-order valence-electron chi connectivity index (χ3n) is 3.87. The van der Waals surface area contributed by atoms with Gasteiger partial charge in [0, 0.05) is 13.1 Å². The van der Waals surface area contributed by atoms with Crippen molar-refractivity contribution in [3.05, 3.63) is 12.2 Å². The molecule has 0 aromatic rings. The maximum atomic E-state index is 11.5. The number of carbonyl (C=O) groups excluding carboxylic acids is 1. The minimum absolute atomic E-state index is 0.178. The molecule has 0 saturated carbocycles.